The molecule has 0 saturated carbocycles. The van der Waals surface area contributed by atoms with E-state index in [9.17, 15) is 13.2 Å². The van der Waals surface area contributed by atoms with Gasteiger partial charge in [0.2, 0.25) is 21.9 Å². The maximum atomic E-state index is 12.7. The third-order valence-electron chi connectivity index (χ3n) is 6.15. The van der Waals surface area contributed by atoms with Gasteiger partial charge in [0.15, 0.2) is 0 Å². The van der Waals surface area contributed by atoms with Gasteiger partial charge >= 0.3 is 0 Å². The van der Waals surface area contributed by atoms with Gasteiger partial charge in [-0.1, -0.05) is 42.5 Å². The first-order chi connectivity index (χ1) is 17.9. The van der Waals surface area contributed by atoms with Gasteiger partial charge < -0.3 is 10.6 Å². The number of likely N-dealkylation sites (N-methyl/N-ethyl adjacent to an activating group) is 1. The second-order valence-electron chi connectivity index (χ2n) is 8.80. The zero-order valence-corrected chi connectivity index (χ0v) is 21.8. The first kappa shape index (κ1) is 26.2. The monoisotopic (exact) mass is 517 g/mol. The number of benzene rings is 2. The van der Waals surface area contributed by atoms with Crippen molar-refractivity contribution in [2.45, 2.75) is 37.5 Å². The molecule has 2 aromatic carbocycles. The molecule has 0 bridgehead atoms. The fourth-order valence-corrected chi connectivity index (χ4v) is 5.15. The Morgan fingerprint density at radius 3 is 2.51 bits per heavy atom. The zero-order valence-electron chi connectivity index (χ0n) is 21.0. The second-order valence-corrected chi connectivity index (χ2v) is 10.6. The molecule has 0 radical (unpaired) electrons. The van der Waals surface area contributed by atoms with Gasteiger partial charge in [-0.3, -0.25) is 4.79 Å². The summed E-state index contributed by atoms with van der Waals surface area (Å²) in [4.78, 5) is 21.4. The van der Waals surface area contributed by atoms with Gasteiger partial charge in [-0.25, -0.2) is 23.1 Å². The highest BCUT2D eigenvalue weighted by Crippen LogP contribution is 2.30. The van der Waals surface area contributed by atoms with Crippen LogP contribution in [0.5, 0.6) is 0 Å². The van der Waals surface area contributed by atoms with Gasteiger partial charge in [0.05, 0.1) is 17.0 Å². The van der Waals surface area contributed by atoms with E-state index in [4.69, 9.17) is 4.98 Å². The van der Waals surface area contributed by atoms with Crippen LogP contribution in [0.1, 0.15) is 36.6 Å². The van der Waals surface area contributed by atoms with Crippen LogP contribution in [-0.4, -0.2) is 37.9 Å². The summed E-state index contributed by atoms with van der Waals surface area (Å²) in [6.07, 6.45) is 8.43. The highest BCUT2D eigenvalue weighted by atomic mass is 32.2. The predicted octanol–water partition coefficient (Wildman–Crippen LogP) is 4.15. The van der Waals surface area contributed by atoms with Crippen LogP contribution >= 0.6 is 0 Å². The highest BCUT2D eigenvalue weighted by molar-refractivity contribution is 7.89. The van der Waals surface area contributed by atoms with E-state index in [1.165, 1.54) is 0 Å². The van der Waals surface area contributed by atoms with Crippen LogP contribution in [0, 0.1) is 0 Å². The van der Waals surface area contributed by atoms with Crippen LogP contribution < -0.4 is 15.4 Å². The molecule has 9 heteroatoms. The van der Waals surface area contributed by atoms with E-state index in [1.807, 2.05) is 37.3 Å². The summed E-state index contributed by atoms with van der Waals surface area (Å²) in [5.74, 6) is 0.270. The Morgan fingerprint density at radius 1 is 1.05 bits per heavy atom. The number of anilines is 2. The number of hydrogen-bond acceptors (Lipinski definition) is 6. The number of rotatable bonds is 10. The molecule has 0 fully saturated rings. The van der Waals surface area contributed by atoms with Gasteiger partial charge in [-0.2, -0.15) is 0 Å². The van der Waals surface area contributed by atoms with Crippen molar-refractivity contribution in [1.82, 2.24) is 20.0 Å². The van der Waals surface area contributed by atoms with E-state index >= 15 is 0 Å². The van der Waals surface area contributed by atoms with Crippen molar-refractivity contribution in [2.75, 3.05) is 18.9 Å². The molecule has 4 rings (SSSR count). The van der Waals surface area contributed by atoms with Crippen LogP contribution in [0.25, 0.3) is 5.57 Å². The summed E-state index contributed by atoms with van der Waals surface area (Å²) < 4.78 is 28.0. The number of amides is 1. The molecule has 37 heavy (non-hydrogen) atoms. The maximum Gasteiger partial charge on any atom is 0.240 e. The van der Waals surface area contributed by atoms with Crippen molar-refractivity contribution in [1.29, 1.82) is 0 Å². The fourth-order valence-electron chi connectivity index (χ4n) is 4.11. The van der Waals surface area contributed by atoms with Crippen molar-refractivity contribution in [2.24, 2.45) is 0 Å². The lowest BCUT2D eigenvalue weighted by Crippen LogP contribution is -2.25. The average molecular weight is 518 g/mol. The van der Waals surface area contributed by atoms with Crippen molar-refractivity contribution in [3.05, 3.63) is 95.3 Å². The van der Waals surface area contributed by atoms with Crippen LogP contribution in [0.4, 0.5) is 11.6 Å². The molecule has 1 aromatic heterocycles. The molecule has 1 aliphatic rings. The number of carbonyl (C=O) groups is 1. The van der Waals surface area contributed by atoms with E-state index in [-0.39, 0.29) is 17.2 Å². The number of hydrogen-bond donors (Lipinski definition) is 3. The van der Waals surface area contributed by atoms with Gasteiger partial charge in [-0.05, 0) is 67.2 Å². The zero-order chi connectivity index (χ0) is 26.3. The first-order valence-corrected chi connectivity index (χ1v) is 13.7. The Bertz CT molecular complexity index is 1420. The van der Waals surface area contributed by atoms with Crippen molar-refractivity contribution in [3.63, 3.8) is 0 Å². The third-order valence-corrected chi connectivity index (χ3v) is 7.63. The van der Waals surface area contributed by atoms with Crippen molar-refractivity contribution >= 4 is 33.1 Å². The molecule has 192 valence electrons. The summed E-state index contributed by atoms with van der Waals surface area (Å²) in [5, 5.41) is 5.81. The summed E-state index contributed by atoms with van der Waals surface area (Å²) in [6.45, 7) is 2.35. The van der Waals surface area contributed by atoms with E-state index < -0.39 is 10.0 Å². The van der Waals surface area contributed by atoms with Gasteiger partial charge in [0, 0.05) is 31.0 Å². The molecule has 0 saturated heterocycles. The molecule has 1 heterocycles. The molecule has 3 aromatic rings. The molecular weight excluding hydrogens is 486 g/mol. The van der Waals surface area contributed by atoms with Crippen LogP contribution in [0.15, 0.2) is 83.4 Å². The second kappa shape index (κ2) is 11.9. The minimum atomic E-state index is -3.63. The Morgan fingerprint density at radius 2 is 1.81 bits per heavy atom. The van der Waals surface area contributed by atoms with Gasteiger partial charge in [-0.15, -0.1) is 0 Å². The van der Waals surface area contributed by atoms with Gasteiger partial charge in [0.25, 0.3) is 0 Å². The number of nitrogens with zero attached hydrogens (tertiary/aromatic N) is 2. The summed E-state index contributed by atoms with van der Waals surface area (Å²) in [6, 6.07) is 16.2. The topological polar surface area (TPSA) is 113 Å². The number of carbonyl (C=O) groups excluding carboxylic acids is 1. The van der Waals surface area contributed by atoms with E-state index in [0.29, 0.717) is 24.6 Å². The molecule has 0 aliphatic heterocycles. The number of aromatic nitrogens is 2. The molecular formula is C28H31N5O3S. The van der Waals surface area contributed by atoms with Gasteiger partial charge in [0.1, 0.15) is 0 Å². The molecule has 0 unspecified atom stereocenters. The minimum Gasteiger partial charge on any atom is -0.359 e. The summed E-state index contributed by atoms with van der Waals surface area (Å²) in [7, 11) is -2.02. The smallest absolute Gasteiger partial charge is 0.240 e. The van der Waals surface area contributed by atoms with Crippen LogP contribution in [0.2, 0.25) is 0 Å². The standard InChI is InChI=1S/C28H31N5O3S/c1-20-8-6-7-11-25(20)27-22(18-26(34)29-2)19-30-28(33-27)32-23-12-14-24(15-13-23)37(35,36)31-17-16-21-9-4-3-5-10-21/h3-6,8-10,12-15,19,31H,7,11,16-18H2,1-2H3,(H,29,34)(H,30,32,33). The molecule has 0 atom stereocenters. The average Bonchev–Trinajstić information content (AvgIpc) is 2.90. The number of nitrogens with one attached hydrogen (secondary N) is 3. The molecule has 1 amide bonds. The number of allylic oxidation sites excluding steroid dienone is 4. The molecule has 3 N–H and O–H groups in total. The Labute approximate surface area is 218 Å². The molecule has 1 aliphatic carbocycles. The largest absolute Gasteiger partial charge is 0.359 e. The maximum absolute atomic E-state index is 12.7. The molecule has 8 nitrogen and oxygen atoms in total. The van der Waals surface area contributed by atoms with Crippen molar-refractivity contribution in [3.8, 4) is 0 Å². The lowest BCUT2D eigenvalue weighted by molar-refractivity contribution is -0.119. The number of sulfonamides is 1. The van der Waals surface area contributed by atoms with Crippen LogP contribution in [-0.2, 0) is 27.7 Å². The quantitative estimate of drug-likeness (QED) is 0.372. The van der Waals surface area contributed by atoms with E-state index in [2.05, 4.69) is 32.5 Å². The van der Waals surface area contributed by atoms with E-state index in [0.717, 1.165) is 40.8 Å². The highest BCUT2D eigenvalue weighted by Gasteiger charge is 2.18. The Balaban J connectivity index is 1.48. The Hall–Kier alpha value is -3.82. The first-order valence-electron chi connectivity index (χ1n) is 12.2. The van der Waals surface area contributed by atoms with Crippen LogP contribution in [0.3, 0.4) is 0 Å². The molecule has 0 spiro atoms. The predicted molar refractivity (Wildman–Crippen MR) is 146 cm³/mol. The SMILES string of the molecule is CNC(=O)Cc1cnc(Nc2ccc(S(=O)(=O)NCCc3ccccc3)cc2)nc1C1=C(C)C=CCC1. The minimum absolute atomic E-state index is 0.107. The van der Waals surface area contributed by atoms with E-state index in [1.54, 1.807) is 37.5 Å². The Kier molecular flexibility index (Phi) is 8.47. The summed E-state index contributed by atoms with van der Waals surface area (Å²) >= 11 is 0. The third kappa shape index (κ3) is 6.90. The lowest BCUT2D eigenvalue weighted by Gasteiger charge is -2.17. The summed E-state index contributed by atoms with van der Waals surface area (Å²) in [5.41, 5.74) is 5.45. The lowest BCUT2D eigenvalue weighted by atomic mass is 9.93. The van der Waals surface area contributed by atoms with Crippen molar-refractivity contribution < 1.29 is 13.2 Å². The fraction of sp³-hybridized carbons (Fsp3) is 0.250. The normalized spacial score (nSPS) is 13.5.